The average molecular weight is 600 g/mol. The summed E-state index contributed by atoms with van der Waals surface area (Å²) < 4.78 is 5.69. The van der Waals surface area contributed by atoms with Crippen molar-refractivity contribution >= 4 is 36.4 Å². The van der Waals surface area contributed by atoms with Crippen LogP contribution in [-0.4, -0.2) is 103 Å². The van der Waals surface area contributed by atoms with E-state index < -0.39 is 23.8 Å². The number of hydrogen-bond donors (Lipinski definition) is 2. The molecular formula is C31H45N5O7. The van der Waals surface area contributed by atoms with Crippen LogP contribution in [0.1, 0.15) is 81.0 Å². The number of amides is 6. The summed E-state index contributed by atoms with van der Waals surface area (Å²) in [7, 11) is 0. The second-order valence-electron chi connectivity index (χ2n) is 12.9. The van der Waals surface area contributed by atoms with Gasteiger partial charge in [0.05, 0.1) is 11.1 Å². The molecule has 0 aromatic heterocycles. The van der Waals surface area contributed by atoms with Gasteiger partial charge in [-0.05, 0) is 42.2 Å². The Hall–Kier alpha value is -3.80. The van der Waals surface area contributed by atoms with Gasteiger partial charge in [-0.25, -0.2) is 0 Å². The first-order valence-electron chi connectivity index (χ1n) is 14.9. The van der Waals surface area contributed by atoms with Gasteiger partial charge in [0.15, 0.2) is 6.61 Å². The number of nitrogens with zero attached hydrogens (tertiary/aromatic N) is 3. The number of ether oxygens (including phenoxy) is 1. The van der Waals surface area contributed by atoms with E-state index in [9.17, 15) is 28.8 Å². The molecule has 12 heteroatoms. The van der Waals surface area contributed by atoms with Gasteiger partial charge >= 0.3 is 0 Å². The molecule has 1 unspecified atom stereocenters. The quantitative estimate of drug-likeness (QED) is 0.216. The van der Waals surface area contributed by atoms with Crippen LogP contribution >= 0.6 is 0 Å². The normalized spacial score (nSPS) is 16.5. The molecule has 6 amide bonds. The Labute approximate surface area is 253 Å². The Kier molecular flexibility index (Phi) is 11.4. The van der Waals surface area contributed by atoms with E-state index in [1.54, 1.807) is 17.9 Å². The van der Waals surface area contributed by atoms with Gasteiger partial charge < -0.3 is 15.0 Å². The second-order valence-corrected chi connectivity index (χ2v) is 12.9. The van der Waals surface area contributed by atoms with E-state index in [2.05, 4.69) is 37.9 Å². The van der Waals surface area contributed by atoms with Crippen molar-refractivity contribution in [1.29, 1.82) is 0 Å². The number of carbonyl (C=O) groups excluding carboxylic acids is 6. The Morgan fingerprint density at radius 2 is 1.72 bits per heavy atom. The molecule has 2 N–H and O–H groups in total. The molecule has 1 saturated heterocycles. The van der Waals surface area contributed by atoms with Crippen molar-refractivity contribution in [2.45, 2.75) is 66.3 Å². The molecule has 2 aliphatic rings. The molecule has 0 radical (unpaired) electrons. The number of rotatable bonds is 16. The van der Waals surface area contributed by atoms with E-state index in [0.717, 1.165) is 56.9 Å². The molecular weight excluding hydrogens is 554 g/mol. The van der Waals surface area contributed by atoms with Crippen LogP contribution in [0.4, 0.5) is 0 Å². The summed E-state index contributed by atoms with van der Waals surface area (Å²) in [5, 5.41) is 4.92. The predicted octanol–water partition coefficient (Wildman–Crippen LogP) is 1.83. The van der Waals surface area contributed by atoms with Crippen molar-refractivity contribution in [3.63, 3.8) is 0 Å². The first kappa shape index (κ1) is 33.7. The Morgan fingerprint density at radius 3 is 2.35 bits per heavy atom. The van der Waals surface area contributed by atoms with Gasteiger partial charge in [0.25, 0.3) is 17.7 Å². The summed E-state index contributed by atoms with van der Waals surface area (Å²) in [5.74, 6) is -2.37. The molecule has 0 spiro atoms. The minimum atomic E-state index is -1.14. The summed E-state index contributed by atoms with van der Waals surface area (Å²) in [6, 6.07) is 3.39. The van der Waals surface area contributed by atoms with Gasteiger partial charge in [0, 0.05) is 39.3 Å². The standard InChI is InChI=1S/C31H45N5O7/c1-6-8-23(27(40)33-20-37)36-28(41)22-9-7-10-24(26(22)29(36)42)43-17-25(39)32-12-11-30(2,3)18-31(4,5)19-34-13-15-35(21-38)16-14-34/h7,9-10,20-21,23H,6,8,11-19H2,1-5H3,(H,32,39)(H,33,37,40). The van der Waals surface area contributed by atoms with Crippen LogP contribution in [0.3, 0.4) is 0 Å². The summed E-state index contributed by atoms with van der Waals surface area (Å²) in [6.07, 6.45) is 3.53. The minimum Gasteiger partial charge on any atom is -0.483 e. The molecule has 2 aliphatic heterocycles. The Morgan fingerprint density at radius 1 is 1.02 bits per heavy atom. The number of fused-ring (bicyclic) bond motifs is 1. The van der Waals surface area contributed by atoms with Crippen molar-refractivity contribution < 1.29 is 33.5 Å². The fourth-order valence-electron chi connectivity index (χ4n) is 6.29. The maximum absolute atomic E-state index is 13.3. The molecule has 0 saturated carbocycles. The van der Waals surface area contributed by atoms with E-state index in [0.29, 0.717) is 13.0 Å². The number of carbonyl (C=O) groups is 6. The van der Waals surface area contributed by atoms with E-state index in [4.69, 9.17) is 4.74 Å². The highest BCUT2D eigenvalue weighted by Gasteiger charge is 2.44. The maximum atomic E-state index is 13.3. The zero-order chi connectivity index (χ0) is 31.8. The third-order valence-electron chi connectivity index (χ3n) is 7.93. The topological polar surface area (TPSA) is 145 Å². The Balaban J connectivity index is 1.52. The highest BCUT2D eigenvalue weighted by Crippen LogP contribution is 2.37. The van der Waals surface area contributed by atoms with Gasteiger partial charge in [-0.15, -0.1) is 0 Å². The number of nitrogens with one attached hydrogen (secondary N) is 2. The van der Waals surface area contributed by atoms with Crippen molar-refractivity contribution in [2.24, 2.45) is 10.8 Å². The third-order valence-corrected chi connectivity index (χ3v) is 7.93. The third kappa shape index (κ3) is 8.85. The minimum absolute atomic E-state index is 0.00348. The van der Waals surface area contributed by atoms with Crippen LogP contribution in [0.5, 0.6) is 5.75 Å². The van der Waals surface area contributed by atoms with Gasteiger partial charge in [-0.3, -0.25) is 43.9 Å². The fourth-order valence-corrected chi connectivity index (χ4v) is 6.29. The molecule has 1 atom stereocenters. The van der Waals surface area contributed by atoms with Crippen molar-refractivity contribution in [3.8, 4) is 5.75 Å². The molecule has 236 valence electrons. The monoisotopic (exact) mass is 599 g/mol. The van der Waals surface area contributed by atoms with Crippen LogP contribution in [0.25, 0.3) is 0 Å². The van der Waals surface area contributed by atoms with Gasteiger partial charge in [0.2, 0.25) is 18.7 Å². The predicted molar refractivity (Wildman–Crippen MR) is 159 cm³/mol. The molecule has 3 rings (SSSR count). The fraction of sp³-hybridized carbons (Fsp3) is 0.613. The van der Waals surface area contributed by atoms with Crippen molar-refractivity contribution in [3.05, 3.63) is 29.3 Å². The van der Waals surface area contributed by atoms with Crippen LogP contribution in [0, 0.1) is 10.8 Å². The highest BCUT2D eigenvalue weighted by atomic mass is 16.5. The largest absolute Gasteiger partial charge is 0.483 e. The lowest BCUT2D eigenvalue weighted by atomic mass is 9.73. The van der Waals surface area contributed by atoms with Crippen molar-refractivity contribution in [2.75, 3.05) is 45.9 Å². The van der Waals surface area contributed by atoms with Crippen LogP contribution < -0.4 is 15.4 Å². The first-order chi connectivity index (χ1) is 20.3. The lowest BCUT2D eigenvalue weighted by Gasteiger charge is -2.41. The van der Waals surface area contributed by atoms with E-state index >= 15 is 0 Å². The number of hydrogen-bond acceptors (Lipinski definition) is 8. The molecule has 0 aliphatic carbocycles. The van der Waals surface area contributed by atoms with Crippen LogP contribution in [0.15, 0.2) is 18.2 Å². The molecule has 1 aromatic rings. The van der Waals surface area contributed by atoms with Gasteiger partial charge in [-0.2, -0.15) is 0 Å². The summed E-state index contributed by atoms with van der Waals surface area (Å²) in [5.41, 5.74) is 0.0913. The smallest absolute Gasteiger partial charge is 0.266 e. The molecule has 2 heterocycles. The molecule has 1 aromatic carbocycles. The second kappa shape index (κ2) is 14.6. The average Bonchev–Trinajstić information content (AvgIpc) is 3.19. The highest BCUT2D eigenvalue weighted by molar-refractivity contribution is 6.24. The maximum Gasteiger partial charge on any atom is 0.266 e. The van der Waals surface area contributed by atoms with E-state index in [-0.39, 0.29) is 53.1 Å². The lowest BCUT2D eigenvalue weighted by Crippen LogP contribution is -2.49. The van der Waals surface area contributed by atoms with E-state index in [1.807, 2.05) is 5.32 Å². The van der Waals surface area contributed by atoms with E-state index in [1.165, 1.54) is 12.1 Å². The molecule has 43 heavy (non-hydrogen) atoms. The number of piperazine rings is 1. The van der Waals surface area contributed by atoms with Crippen molar-refractivity contribution in [1.82, 2.24) is 25.3 Å². The number of imide groups is 2. The summed E-state index contributed by atoms with van der Waals surface area (Å²) in [6.45, 7) is 15.0. The molecule has 0 bridgehead atoms. The molecule has 1 fully saturated rings. The zero-order valence-corrected chi connectivity index (χ0v) is 25.9. The van der Waals surface area contributed by atoms with Crippen LogP contribution in [-0.2, 0) is 19.2 Å². The summed E-state index contributed by atoms with van der Waals surface area (Å²) >= 11 is 0. The molecule has 12 nitrogen and oxygen atoms in total. The number of benzene rings is 1. The SMILES string of the molecule is CCCC(C(=O)NC=O)N1C(=O)c2cccc(OCC(=O)NCCC(C)(C)CC(C)(C)CN3CCN(C=O)CC3)c2C1=O. The van der Waals surface area contributed by atoms with Crippen LogP contribution in [0.2, 0.25) is 0 Å². The lowest BCUT2D eigenvalue weighted by molar-refractivity contribution is -0.128. The van der Waals surface area contributed by atoms with Gasteiger partial charge in [-0.1, -0.05) is 47.1 Å². The first-order valence-corrected chi connectivity index (χ1v) is 14.9. The van der Waals surface area contributed by atoms with Gasteiger partial charge in [0.1, 0.15) is 11.8 Å². The Bertz CT molecular complexity index is 1210. The summed E-state index contributed by atoms with van der Waals surface area (Å²) in [4.78, 5) is 78.3. The zero-order valence-electron chi connectivity index (χ0n) is 25.9.